The van der Waals surface area contributed by atoms with Crippen LogP contribution < -0.4 is 10.1 Å². The van der Waals surface area contributed by atoms with Crippen LogP contribution in [-0.2, 0) is 16.1 Å². The number of rotatable bonds is 9. The standard InChI is InChI=1S/C20H31N3O3/c1-7-12-26-17-10-8-16(9-11-17)13-22(5)15-19(25)23(6)14-18(24)21-20(2,3)4/h7-11H,1,12-15H2,2-6H3,(H,21,24). The summed E-state index contributed by atoms with van der Waals surface area (Å²) in [6.45, 7) is 10.8. The molecule has 0 bridgehead atoms. The Morgan fingerprint density at radius 2 is 1.77 bits per heavy atom. The fraction of sp³-hybridized carbons (Fsp3) is 0.500. The van der Waals surface area contributed by atoms with Crippen LogP contribution in [0.15, 0.2) is 36.9 Å². The van der Waals surface area contributed by atoms with Crippen LogP contribution in [0.1, 0.15) is 26.3 Å². The summed E-state index contributed by atoms with van der Waals surface area (Å²) in [6, 6.07) is 7.74. The van der Waals surface area contributed by atoms with Crippen LogP contribution in [0.4, 0.5) is 0 Å². The summed E-state index contributed by atoms with van der Waals surface area (Å²) >= 11 is 0. The minimum atomic E-state index is -0.306. The number of nitrogens with zero attached hydrogens (tertiary/aromatic N) is 2. The van der Waals surface area contributed by atoms with Crippen molar-refractivity contribution in [1.29, 1.82) is 0 Å². The van der Waals surface area contributed by atoms with Gasteiger partial charge in [-0.1, -0.05) is 24.8 Å². The van der Waals surface area contributed by atoms with E-state index in [-0.39, 0.29) is 30.4 Å². The van der Waals surface area contributed by atoms with Crippen molar-refractivity contribution >= 4 is 11.8 Å². The quantitative estimate of drug-likeness (QED) is 0.684. The highest BCUT2D eigenvalue weighted by Crippen LogP contribution is 2.13. The molecular weight excluding hydrogens is 330 g/mol. The number of carbonyl (C=O) groups is 2. The smallest absolute Gasteiger partial charge is 0.240 e. The predicted molar refractivity (Wildman–Crippen MR) is 104 cm³/mol. The van der Waals surface area contributed by atoms with Crippen LogP contribution >= 0.6 is 0 Å². The van der Waals surface area contributed by atoms with Gasteiger partial charge >= 0.3 is 0 Å². The van der Waals surface area contributed by atoms with Gasteiger partial charge in [-0.2, -0.15) is 0 Å². The SMILES string of the molecule is C=CCOc1ccc(CN(C)CC(=O)N(C)CC(=O)NC(C)(C)C)cc1. The number of amides is 2. The fourth-order valence-corrected chi connectivity index (χ4v) is 2.33. The molecule has 1 N–H and O–H groups in total. The van der Waals surface area contributed by atoms with Crippen molar-refractivity contribution in [2.24, 2.45) is 0 Å². The zero-order valence-electron chi connectivity index (χ0n) is 16.5. The summed E-state index contributed by atoms with van der Waals surface area (Å²) in [5.74, 6) is 0.533. The molecule has 1 aromatic carbocycles. The number of hydrogen-bond donors (Lipinski definition) is 1. The number of ether oxygens (including phenoxy) is 1. The molecule has 6 heteroatoms. The first kappa shape index (κ1) is 21.7. The largest absolute Gasteiger partial charge is 0.490 e. The number of carbonyl (C=O) groups excluding carboxylic acids is 2. The Morgan fingerprint density at radius 3 is 2.31 bits per heavy atom. The van der Waals surface area contributed by atoms with Crippen molar-refractivity contribution in [1.82, 2.24) is 15.1 Å². The zero-order valence-corrected chi connectivity index (χ0v) is 16.5. The Balaban J connectivity index is 2.45. The van der Waals surface area contributed by atoms with Crippen molar-refractivity contribution in [2.45, 2.75) is 32.9 Å². The molecule has 0 aliphatic heterocycles. The van der Waals surface area contributed by atoms with E-state index >= 15 is 0 Å². The van der Waals surface area contributed by atoms with E-state index < -0.39 is 0 Å². The van der Waals surface area contributed by atoms with E-state index in [0.29, 0.717) is 13.2 Å². The van der Waals surface area contributed by atoms with Crippen LogP contribution in [0.5, 0.6) is 5.75 Å². The van der Waals surface area contributed by atoms with Gasteiger partial charge in [0.05, 0.1) is 13.1 Å². The molecular formula is C20H31N3O3. The van der Waals surface area contributed by atoms with Gasteiger partial charge in [-0.05, 0) is 45.5 Å². The van der Waals surface area contributed by atoms with E-state index in [1.54, 1.807) is 13.1 Å². The first-order valence-electron chi connectivity index (χ1n) is 8.67. The van der Waals surface area contributed by atoms with Crippen molar-refractivity contribution in [3.63, 3.8) is 0 Å². The molecule has 0 spiro atoms. The third-order valence-corrected chi connectivity index (χ3v) is 3.47. The van der Waals surface area contributed by atoms with E-state index in [9.17, 15) is 9.59 Å². The summed E-state index contributed by atoms with van der Waals surface area (Å²) in [4.78, 5) is 27.6. The molecule has 2 amide bonds. The first-order valence-corrected chi connectivity index (χ1v) is 8.67. The van der Waals surface area contributed by atoms with Gasteiger partial charge in [0.1, 0.15) is 12.4 Å². The minimum absolute atomic E-state index is 0.0548. The summed E-state index contributed by atoms with van der Waals surface area (Å²) in [7, 11) is 3.52. The van der Waals surface area contributed by atoms with Crippen LogP contribution in [0.25, 0.3) is 0 Å². The topological polar surface area (TPSA) is 61.9 Å². The molecule has 6 nitrogen and oxygen atoms in total. The second-order valence-corrected chi connectivity index (χ2v) is 7.46. The molecule has 0 saturated heterocycles. The third kappa shape index (κ3) is 8.67. The third-order valence-electron chi connectivity index (χ3n) is 3.47. The maximum Gasteiger partial charge on any atom is 0.240 e. The second-order valence-electron chi connectivity index (χ2n) is 7.46. The van der Waals surface area contributed by atoms with Crippen molar-refractivity contribution in [3.8, 4) is 5.75 Å². The summed E-state index contributed by atoms with van der Waals surface area (Å²) in [5, 5.41) is 2.85. The van der Waals surface area contributed by atoms with Crippen LogP contribution in [0.2, 0.25) is 0 Å². The molecule has 26 heavy (non-hydrogen) atoms. The lowest BCUT2D eigenvalue weighted by Gasteiger charge is -2.25. The normalized spacial score (nSPS) is 11.2. The number of nitrogens with one attached hydrogen (secondary N) is 1. The summed E-state index contributed by atoms with van der Waals surface area (Å²) in [5.41, 5.74) is 0.777. The molecule has 0 radical (unpaired) electrons. The van der Waals surface area contributed by atoms with Crippen LogP contribution in [0, 0.1) is 0 Å². The van der Waals surface area contributed by atoms with Crippen molar-refractivity contribution in [3.05, 3.63) is 42.5 Å². The zero-order chi connectivity index (χ0) is 19.7. The van der Waals surface area contributed by atoms with Gasteiger partial charge in [-0.3, -0.25) is 14.5 Å². The van der Waals surface area contributed by atoms with Gasteiger partial charge in [-0.15, -0.1) is 0 Å². The maximum absolute atomic E-state index is 12.3. The maximum atomic E-state index is 12.3. The molecule has 0 saturated carbocycles. The monoisotopic (exact) mass is 361 g/mol. The lowest BCUT2D eigenvalue weighted by molar-refractivity contribution is -0.136. The Bertz CT molecular complexity index is 606. The van der Waals surface area contributed by atoms with Crippen LogP contribution in [0.3, 0.4) is 0 Å². The van der Waals surface area contributed by atoms with Crippen molar-refractivity contribution in [2.75, 3.05) is 33.8 Å². The minimum Gasteiger partial charge on any atom is -0.490 e. The molecule has 1 rings (SSSR count). The average molecular weight is 361 g/mol. The van der Waals surface area contributed by atoms with Gasteiger partial charge < -0.3 is 15.0 Å². The summed E-state index contributed by atoms with van der Waals surface area (Å²) < 4.78 is 5.45. The molecule has 0 heterocycles. The van der Waals surface area contributed by atoms with Gasteiger partial charge in [0.15, 0.2) is 0 Å². The average Bonchev–Trinajstić information content (AvgIpc) is 2.52. The Morgan fingerprint density at radius 1 is 1.15 bits per heavy atom. The molecule has 0 aliphatic carbocycles. The molecule has 0 unspecified atom stereocenters. The number of benzene rings is 1. The van der Waals surface area contributed by atoms with Gasteiger partial charge in [0, 0.05) is 19.1 Å². The molecule has 0 atom stereocenters. The summed E-state index contributed by atoms with van der Waals surface area (Å²) in [6.07, 6.45) is 1.70. The Labute approximate surface area is 156 Å². The fourth-order valence-electron chi connectivity index (χ4n) is 2.33. The van der Waals surface area contributed by atoms with Gasteiger partial charge in [-0.25, -0.2) is 0 Å². The van der Waals surface area contributed by atoms with Crippen molar-refractivity contribution < 1.29 is 14.3 Å². The van der Waals surface area contributed by atoms with E-state index in [0.717, 1.165) is 11.3 Å². The first-order chi connectivity index (χ1) is 12.1. The predicted octanol–water partition coefficient (Wildman–Crippen LogP) is 2.06. The van der Waals surface area contributed by atoms with Crippen LogP contribution in [-0.4, -0.2) is 60.9 Å². The highest BCUT2D eigenvalue weighted by atomic mass is 16.5. The highest BCUT2D eigenvalue weighted by molar-refractivity contribution is 5.85. The molecule has 0 fully saturated rings. The van der Waals surface area contributed by atoms with E-state index in [1.807, 2.05) is 57.0 Å². The van der Waals surface area contributed by atoms with E-state index in [4.69, 9.17) is 4.74 Å². The van der Waals surface area contributed by atoms with E-state index in [2.05, 4.69) is 11.9 Å². The molecule has 0 aromatic heterocycles. The van der Waals surface area contributed by atoms with Gasteiger partial charge in [0.2, 0.25) is 11.8 Å². The number of likely N-dealkylation sites (N-methyl/N-ethyl adjacent to an activating group) is 2. The van der Waals surface area contributed by atoms with E-state index in [1.165, 1.54) is 4.90 Å². The lowest BCUT2D eigenvalue weighted by Crippen LogP contribution is -2.47. The lowest BCUT2D eigenvalue weighted by atomic mass is 10.1. The molecule has 1 aromatic rings. The highest BCUT2D eigenvalue weighted by Gasteiger charge is 2.18. The Kier molecular flexibility index (Phi) is 8.32. The van der Waals surface area contributed by atoms with Gasteiger partial charge in [0.25, 0.3) is 0 Å². The number of hydrogen-bond acceptors (Lipinski definition) is 4. The molecule has 144 valence electrons. The molecule has 0 aliphatic rings. The second kappa shape index (κ2) is 9.97. The Hall–Kier alpha value is -2.34.